The summed E-state index contributed by atoms with van der Waals surface area (Å²) in [5, 5.41) is 2.81. The maximum absolute atomic E-state index is 12.6. The summed E-state index contributed by atoms with van der Waals surface area (Å²) in [5.74, 6) is -0.686. The first-order valence-electron chi connectivity index (χ1n) is 10.2. The first-order chi connectivity index (χ1) is 14.4. The predicted octanol–water partition coefficient (Wildman–Crippen LogP) is 2.46. The second kappa shape index (κ2) is 8.57. The Morgan fingerprint density at radius 1 is 1.00 bits per heavy atom. The van der Waals surface area contributed by atoms with Crippen molar-refractivity contribution >= 4 is 27.5 Å². The summed E-state index contributed by atoms with van der Waals surface area (Å²) >= 11 is 0. The van der Waals surface area contributed by atoms with Gasteiger partial charge in [-0.05, 0) is 42.7 Å². The van der Waals surface area contributed by atoms with Crippen LogP contribution < -0.4 is 5.32 Å². The minimum Gasteiger partial charge on any atom is -0.338 e. The summed E-state index contributed by atoms with van der Waals surface area (Å²) in [6.07, 6.45) is 1.95. The number of benzene rings is 2. The molecule has 30 heavy (non-hydrogen) atoms. The molecule has 0 aromatic heterocycles. The second-order valence-corrected chi connectivity index (χ2v) is 9.72. The molecule has 0 radical (unpaired) electrons. The van der Waals surface area contributed by atoms with Crippen molar-refractivity contribution in [3.63, 3.8) is 0 Å². The molecule has 0 bridgehead atoms. The lowest BCUT2D eigenvalue weighted by atomic mass is 10.1. The number of hydrogen-bond donors (Lipinski definition) is 1. The highest BCUT2D eigenvalue weighted by atomic mass is 32.2. The van der Waals surface area contributed by atoms with Crippen molar-refractivity contribution in [2.24, 2.45) is 5.92 Å². The van der Waals surface area contributed by atoms with Gasteiger partial charge in [0.05, 0.1) is 10.8 Å². The van der Waals surface area contributed by atoms with Crippen LogP contribution in [-0.2, 0) is 26.2 Å². The van der Waals surface area contributed by atoms with Crippen molar-refractivity contribution < 1.29 is 18.0 Å². The van der Waals surface area contributed by atoms with Crippen LogP contribution in [0.4, 0.5) is 5.69 Å². The van der Waals surface area contributed by atoms with Crippen molar-refractivity contribution in [1.82, 2.24) is 9.21 Å². The number of carbonyl (C=O) groups excluding carboxylic acids is 2. The van der Waals surface area contributed by atoms with Crippen LogP contribution in [0.25, 0.3) is 0 Å². The molecule has 8 heteroatoms. The largest absolute Gasteiger partial charge is 0.338 e. The Hall–Kier alpha value is -2.71. The van der Waals surface area contributed by atoms with Gasteiger partial charge in [-0.3, -0.25) is 9.59 Å². The van der Waals surface area contributed by atoms with Gasteiger partial charge in [0.2, 0.25) is 21.8 Å². The molecule has 2 saturated heterocycles. The normalized spacial score (nSPS) is 19.9. The predicted molar refractivity (Wildman–Crippen MR) is 113 cm³/mol. The number of anilines is 1. The fraction of sp³-hybridized carbons (Fsp3) is 0.364. The summed E-state index contributed by atoms with van der Waals surface area (Å²) in [4.78, 5) is 26.9. The molecular weight excluding hydrogens is 402 g/mol. The van der Waals surface area contributed by atoms with Crippen LogP contribution in [0.1, 0.15) is 24.8 Å². The lowest BCUT2D eigenvalue weighted by molar-refractivity contribution is -0.128. The molecule has 0 spiro atoms. The van der Waals surface area contributed by atoms with E-state index >= 15 is 0 Å². The molecule has 158 valence electrons. The third-order valence-electron chi connectivity index (χ3n) is 5.63. The number of carbonyl (C=O) groups is 2. The minimum atomic E-state index is -3.47. The number of likely N-dealkylation sites (tertiary alicyclic amines) is 1. The van der Waals surface area contributed by atoms with Gasteiger partial charge in [-0.2, -0.15) is 4.31 Å². The van der Waals surface area contributed by atoms with Gasteiger partial charge in [0.1, 0.15) is 0 Å². The maximum Gasteiger partial charge on any atom is 0.243 e. The van der Waals surface area contributed by atoms with Crippen LogP contribution in [0.5, 0.6) is 0 Å². The van der Waals surface area contributed by atoms with E-state index in [1.807, 2.05) is 30.3 Å². The molecular formula is C22H25N3O4S. The Balaban J connectivity index is 1.36. The first-order valence-corrected chi connectivity index (χ1v) is 11.6. The molecule has 7 nitrogen and oxygen atoms in total. The van der Waals surface area contributed by atoms with Crippen LogP contribution in [0.2, 0.25) is 0 Å². The molecule has 0 saturated carbocycles. The molecule has 2 aliphatic heterocycles. The van der Waals surface area contributed by atoms with Crippen molar-refractivity contribution in [2.75, 3.05) is 25.0 Å². The highest BCUT2D eigenvalue weighted by Crippen LogP contribution is 2.24. The van der Waals surface area contributed by atoms with Crippen molar-refractivity contribution in [3.05, 3.63) is 60.2 Å². The van der Waals surface area contributed by atoms with Crippen LogP contribution in [-0.4, -0.2) is 49.1 Å². The smallest absolute Gasteiger partial charge is 0.243 e. The Morgan fingerprint density at radius 3 is 2.33 bits per heavy atom. The zero-order valence-corrected chi connectivity index (χ0v) is 17.5. The van der Waals surface area contributed by atoms with Gasteiger partial charge in [0, 0.05) is 38.3 Å². The molecule has 1 atom stereocenters. The van der Waals surface area contributed by atoms with Crippen LogP contribution in [0, 0.1) is 5.92 Å². The van der Waals surface area contributed by atoms with Crippen LogP contribution >= 0.6 is 0 Å². The van der Waals surface area contributed by atoms with E-state index in [9.17, 15) is 18.0 Å². The minimum absolute atomic E-state index is 0.0361. The molecule has 2 aromatic rings. The summed E-state index contributed by atoms with van der Waals surface area (Å²) < 4.78 is 26.7. The third kappa shape index (κ3) is 4.39. The number of hydrogen-bond acceptors (Lipinski definition) is 4. The zero-order chi connectivity index (χ0) is 21.1. The Bertz CT molecular complexity index is 1020. The van der Waals surface area contributed by atoms with Gasteiger partial charge in [0.15, 0.2) is 0 Å². The quantitative estimate of drug-likeness (QED) is 0.767. The fourth-order valence-corrected chi connectivity index (χ4v) is 5.45. The molecule has 2 heterocycles. The Labute approximate surface area is 176 Å². The third-order valence-corrected chi connectivity index (χ3v) is 7.54. The zero-order valence-electron chi connectivity index (χ0n) is 16.7. The van der Waals surface area contributed by atoms with Crippen molar-refractivity contribution in [3.8, 4) is 0 Å². The molecule has 1 unspecified atom stereocenters. The van der Waals surface area contributed by atoms with Gasteiger partial charge in [-0.25, -0.2) is 8.42 Å². The van der Waals surface area contributed by atoms with E-state index in [1.165, 1.54) is 16.4 Å². The van der Waals surface area contributed by atoms with Gasteiger partial charge in [0.25, 0.3) is 0 Å². The summed E-state index contributed by atoms with van der Waals surface area (Å²) in [6.45, 7) is 1.97. The molecule has 0 aliphatic carbocycles. The van der Waals surface area contributed by atoms with E-state index in [4.69, 9.17) is 0 Å². The summed E-state index contributed by atoms with van der Waals surface area (Å²) in [7, 11) is -3.47. The highest BCUT2D eigenvalue weighted by molar-refractivity contribution is 7.89. The van der Waals surface area contributed by atoms with E-state index in [1.54, 1.807) is 17.0 Å². The van der Waals surface area contributed by atoms with Gasteiger partial charge < -0.3 is 10.2 Å². The average molecular weight is 428 g/mol. The van der Waals surface area contributed by atoms with E-state index in [2.05, 4.69) is 5.32 Å². The lowest BCUT2D eigenvalue weighted by Crippen LogP contribution is -2.28. The number of sulfonamides is 1. The van der Waals surface area contributed by atoms with E-state index in [-0.39, 0.29) is 23.1 Å². The number of nitrogens with zero attached hydrogens (tertiary/aromatic N) is 2. The highest BCUT2D eigenvalue weighted by Gasteiger charge is 2.34. The van der Waals surface area contributed by atoms with Crippen LogP contribution in [0.15, 0.2) is 59.5 Å². The Morgan fingerprint density at radius 2 is 1.67 bits per heavy atom. The monoisotopic (exact) mass is 427 g/mol. The van der Waals surface area contributed by atoms with Crippen molar-refractivity contribution in [2.45, 2.75) is 30.7 Å². The molecule has 2 fully saturated rings. The van der Waals surface area contributed by atoms with Gasteiger partial charge in [-0.1, -0.05) is 30.3 Å². The van der Waals surface area contributed by atoms with Gasteiger partial charge in [-0.15, -0.1) is 0 Å². The van der Waals surface area contributed by atoms with E-state index in [0.717, 1.165) is 18.4 Å². The molecule has 1 N–H and O–H groups in total. The SMILES string of the molecule is O=C(Nc1ccc(S(=O)(=O)N2CCCC2)cc1)C1CC(=O)N(Cc2ccccc2)C1. The van der Waals surface area contributed by atoms with E-state index in [0.29, 0.717) is 31.9 Å². The van der Waals surface area contributed by atoms with Crippen molar-refractivity contribution in [1.29, 1.82) is 0 Å². The van der Waals surface area contributed by atoms with Gasteiger partial charge >= 0.3 is 0 Å². The average Bonchev–Trinajstić information content (AvgIpc) is 3.40. The first kappa shape index (κ1) is 20.6. The Kier molecular flexibility index (Phi) is 5.87. The molecule has 2 aliphatic rings. The summed E-state index contributed by atoms with van der Waals surface area (Å²) in [5.41, 5.74) is 1.55. The summed E-state index contributed by atoms with van der Waals surface area (Å²) in [6, 6.07) is 15.9. The number of amides is 2. The molecule has 2 aromatic carbocycles. The topological polar surface area (TPSA) is 86.8 Å². The fourth-order valence-electron chi connectivity index (χ4n) is 3.94. The van der Waals surface area contributed by atoms with Crippen LogP contribution in [0.3, 0.4) is 0 Å². The van der Waals surface area contributed by atoms with E-state index < -0.39 is 15.9 Å². The molecule has 4 rings (SSSR count). The standard InChI is InChI=1S/C22H25N3O4S/c26-21-14-18(16-24(21)15-17-6-2-1-3-7-17)22(27)23-19-8-10-20(11-9-19)30(28,29)25-12-4-5-13-25/h1-3,6-11,18H,4-5,12-16H2,(H,23,27). The number of nitrogens with one attached hydrogen (secondary N) is 1. The molecule has 2 amide bonds. The second-order valence-electron chi connectivity index (χ2n) is 7.79. The maximum atomic E-state index is 12.6. The lowest BCUT2D eigenvalue weighted by Gasteiger charge is -2.17. The number of rotatable bonds is 6.